The van der Waals surface area contributed by atoms with Gasteiger partial charge in [-0.15, -0.1) is 11.3 Å². The molecule has 1 saturated heterocycles. The van der Waals surface area contributed by atoms with E-state index in [4.69, 9.17) is 0 Å². The fourth-order valence-electron chi connectivity index (χ4n) is 3.80. The van der Waals surface area contributed by atoms with Crippen LogP contribution in [0.1, 0.15) is 29.7 Å². The normalized spacial score (nSPS) is 21.2. The maximum atomic E-state index is 12.6. The number of aromatic nitrogens is 3. The number of amides is 1. The van der Waals surface area contributed by atoms with Gasteiger partial charge in [-0.2, -0.15) is 5.10 Å². The van der Waals surface area contributed by atoms with Gasteiger partial charge in [-0.05, 0) is 42.8 Å². The average Bonchev–Trinajstić information content (AvgIpc) is 3.34. The number of carbonyl (C=O) groups excluding carboxylic acids is 1. The average molecular weight is 345 g/mol. The van der Waals surface area contributed by atoms with Crippen molar-refractivity contribution in [3.05, 3.63) is 34.5 Å². The van der Waals surface area contributed by atoms with E-state index in [1.807, 2.05) is 20.9 Å². The molecule has 128 valence electrons. The highest BCUT2D eigenvalue weighted by molar-refractivity contribution is 7.10. The van der Waals surface area contributed by atoms with Crippen molar-refractivity contribution in [1.82, 2.24) is 24.6 Å². The molecule has 7 heteroatoms. The fraction of sp³-hybridized carbons (Fsp3) is 0.588. The molecular formula is C17H23N5OS. The lowest BCUT2D eigenvalue weighted by molar-refractivity contribution is -0.132. The second-order valence-corrected chi connectivity index (χ2v) is 7.63. The molecule has 1 unspecified atom stereocenters. The van der Waals surface area contributed by atoms with E-state index in [2.05, 4.69) is 26.4 Å². The molecule has 2 aliphatic rings. The Balaban J connectivity index is 1.29. The number of likely N-dealkylation sites (tertiary alicyclic amines) is 1. The van der Waals surface area contributed by atoms with Crippen LogP contribution in [-0.4, -0.2) is 56.1 Å². The van der Waals surface area contributed by atoms with Gasteiger partial charge >= 0.3 is 0 Å². The third kappa shape index (κ3) is 3.37. The number of nitrogens with zero attached hydrogens (tertiary/aromatic N) is 5. The quantitative estimate of drug-likeness (QED) is 0.829. The maximum absolute atomic E-state index is 12.6. The van der Waals surface area contributed by atoms with E-state index < -0.39 is 0 Å². The summed E-state index contributed by atoms with van der Waals surface area (Å²) in [4.78, 5) is 22.5. The zero-order valence-electron chi connectivity index (χ0n) is 13.8. The van der Waals surface area contributed by atoms with Crippen molar-refractivity contribution < 1.29 is 4.79 Å². The van der Waals surface area contributed by atoms with Crippen LogP contribution >= 0.6 is 11.3 Å². The molecule has 0 aliphatic carbocycles. The van der Waals surface area contributed by atoms with Crippen LogP contribution in [0.15, 0.2) is 24.1 Å². The number of carbonyl (C=O) groups is 1. The van der Waals surface area contributed by atoms with Gasteiger partial charge in [0.05, 0.1) is 6.54 Å². The molecule has 6 nitrogen and oxygen atoms in total. The summed E-state index contributed by atoms with van der Waals surface area (Å²) in [5.74, 6) is 0.290. The van der Waals surface area contributed by atoms with Gasteiger partial charge in [0.1, 0.15) is 12.7 Å². The summed E-state index contributed by atoms with van der Waals surface area (Å²) in [7, 11) is 0. The third-order valence-electron chi connectivity index (χ3n) is 5.14. The molecule has 1 fully saturated rings. The Bertz CT molecular complexity index is 683. The summed E-state index contributed by atoms with van der Waals surface area (Å²) in [5, 5.41) is 6.34. The standard InChI is InChI=1S/C17H23N5OS/c23-17(21-7-3-16-14(10-21)5-9-24-16)4-8-20-6-1-2-15(20)11-22-13-18-12-19-22/h5,9,12-13,15H,1-4,6-8,10-11H2. The minimum Gasteiger partial charge on any atom is -0.338 e. The van der Waals surface area contributed by atoms with E-state index in [0.717, 1.165) is 39.1 Å². The maximum Gasteiger partial charge on any atom is 0.224 e. The van der Waals surface area contributed by atoms with Crippen molar-refractivity contribution in [3.8, 4) is 0 Å². The molecule has 1 amide bonds. The summed E-state index contributed by atoms with van der Waals surface area (Å²) in [6, 6.07) is 2.64. The largest absolute Gasteiger partial charge is 0.338 e. The Labute approximate surface area is 146 Å². The first-order valence-corrected chi connectivity index (χ1v) is 9.57. The van der Waals surface area contributed by atoms with Crippen molar-refractivity contribution in [3.63, 3.8) is 0 Å². The minimum atomic E-state index is 0.290. The Morgan fingerprint density at radius 1 is 1.38 bits per heavy atom. The van der Waals surface area contributed by atoms with Gasteiger partial charge in [-0.25, -0.2) is 4.98 Å². The van der Waals surface area contributed by atoms with Gasteiger partial charge in [0.25, 0.3) is 0 Å². The molecule has 0 saturated carbocycles. The molecule has 4 rings (SSSR count). The van der Waals surface area contributed by atoms with E-state index >= 15 is 0 Å². The SMILES string of the molecule is O=C(CCN1CCCC1Cn1cncn1)N1CCc2sccc2C1. The Hall–Kier alpha value is -1.73. The summed E-state index contributed by atoms with van der Waals surface area (Å²) in [6.07, 6.45) is 7.36. The predicted molar refractivity (Wildman–Crippen MR) is 92.7 cm³/mol. The second-order valence-electron chi connectivity index (χ2n) is 6.63. The third-order valence-corrected chi connectivity index (χ3v) is 6.16. The van der Waals surface area contributed by atoms with Crippen molar-refractivity contribution >= 4 is 17.2 Å². The summed E-state index contributed by atoms with van der Waals surface area (Å²) < 4.78 is 1.90. The molecular weight excluding hydrogens is 322 g/mol. The Kier molecular flexibility index (Phi) is 4.62. The second kappa shape index (κ2) is 7.03. The molecule has 0 bridgehead atoms. The van der Waals surface area contributed by atoms with Gasteiger partial charge in [0, 0.05) is 37.0 Å². The lowest BCUT2D eigenvalue weighted by Gasteiger charge is -2.29. The zero-order chi connectivity index (χ0) is 16.4. The highest BCUT2D eigenvalue weighted by atomic mass is 32.1. The summed E-state index contributed by atoms with van der Waals surface area (Å²) >= 11 is 1.82. The monoisotopic (exact) mass is 345 g/mol. The van der Waals surface area contributed by atoms with Crippen LogP contribution in [0.3, 0.4) is 0 Å². The molecule has 2 aromatic rings. The first-order chi connectivity index (χ1) is 11.8. The lowest BCUT2D eigenvalue weighted by atomic mass is 10.1. The van der Waals surface area contributed by atoms with E-state index in [0.29, 0.717) is 18.4 Å². The van der Waals surface area contributed by atoms with Crippen molar-refractivity contribution in [2.75, 3.05) is 19.6 Å². The molecule has 2 aliphatic heterocycles. The molecule has 0 N–H and O–H groups in total. The van der Waals surface area contributed by atoms with Gasteiger partial charge < -0.3 is 4.90 Å². The van der Waals surface area contributed by atoms with Crippen LogP contribution in [-0.2, 0) is 24.3 Å². The van der Waals surface area contributed by atoms with E-state index in [1.165, 1.54) is 23.3 Å². The minimum absolute atomic E-state index is 0.290. The highest BCUT2D eigenvalue weighted by Gasteiger charge is 2.27. The number of rotatable bonds is 5. The first kappa shape index (κ1) is 15.8. The van der Waals surface area contributed by atoms with Gasteiger partial charge in [0.15, 0.2) is 0 Å². The number of hydrogen-bond donors (Lipinski definition) is 0. The summed E-state index contributed by atoms with van der Waals surface area (Å²) in [5.41, 5.74) is 1.34. The number of thiophene rings is 1. The number of hydrogen-bond acceptors (Lipinski definition) is 5. The van der Waals surface area contributed by atoms with Gasteiger partial charge in [-0.3, -0.25) is 14.4 Å². The molecule has 4 heterocycles. The summed E-state index contributed by atoms with van der Waals surface area (Å²) in [6.45, 7) is 4.47. The van der Waals surface area contributed by atoms with Crippen LogP contribution in [0.2, 0.25) is 0 Å². The Morgan fingerprint density at radius 3 is 3.21 bits per heavy atom. The van der Waals surface area contributed by atoms with Crippen LogP contribution in [0.25, 0.3) is 0 Å². The van der Waals surface area contributed by atoms with E-state index in [-0.39, 0.29) is 0 Å². The van der Waals surface area contributed by atoms with Crippen LogP contribution < -0.4 is 0 Å². The zero-order valence-corrected chi connectivity index (χ0v) is 14.6. The fourth-order valence-corrected chi connectivity index (χ4v) is 4.69. The molecule has 24 heavy (non-hydrogen) atoms. The van der Waals surface area contributed by atoms with E-state index in [9.17, 15) is 4.79 Å². The smallest absolute Gasteiger partial charge is 0.224 e. The van der Waals surface area contributed by atoms with E-state index in [1.54, 1.807) is 12.7 Å². The Morgan fingerprint density at radius 2 is 2.33 bits per heavy atom. The molecule has 0 radical (unpaired) electrons. The topological polar surface area (TPSA) is 54.3 Å². The molecule has 0 spiro atoms. The van der Waals surface area contributed by atoms with Crippen molar-refractivity contribution in [1.29, 1.82) is 0 Å². The molecule has 0 aromatic carbocycles. The predicted octanol–water partition coefficient (Wildman–Crippen LogP) is 1.78. The van der Waals surface area contributed by atoms with Crippen LogP contribution in [0.4, 0.5) is 0 Å². The lowest BCUT2D eigenvalue weighted by Crippen LogP contribution is -2.39. The number of fused-ring (bicyclic) bond motifs is 1. The van der Waals surface area contributed by atoms with Crippen LogP contribution in [0.5, 0.6) is 0 Å². The van der Waals surface area contributed by atoms with Crippen molar-refractivity contribution in [2.24, 2.45) is 0 Å². The van der Waals surface area contributed by atoms with Crippen LogP contribution in [0, 0.1) is 0 Å². The highest BCUT2D eigenvalue weighted by Crippen LogP contribution is 2.25. The van der Waals surface area contributed by atoms with Gasteiger partial charge in [-0.1, -0.05) is 0 Å². The molecule has 1 atom stereocenters. The molecule has 2 aromatic heterocycles. The van der Waals surface area contributed by atoms with Crippen molar-refractivity contribution in [2.45, 2.75) is 44.8 Å². The first-order valence-electron chi connectivity index (χ1n) is 8.69. The van der Waals surface area contributed by atoms with Gasteiger partial charge in [0.2, 0.25) is 5.91 Å².